The van der Waals surface area contributed by atoms with E-state index in [0.29, 0.717) is 10.0 Å². The molecule has 20 heavy (non-hydrogen) atoms. The maximum absolute atomic E-state index is 10.8. The van der Waals surface area contributed by atoms with Crippen LogP contribution in [0.15, 0.2) is 48.5 Å². The van der Waals surface area contributed by atoms with Gasteiger partial charge in [-0.3, -0.25) is 10.1 Å². The van der Waals surface area contributed by atoms with Crippen LogP contribution in [0, 0.1) is 0 Å². The molecule has 2 aromatic rings. The minimum Gasteiger partial charge on any atom is -0.480 e. The van der Waals surface area contributed by atoms with Crippen molar-refractivity contribution < 1.29 is 9.90 Å². The lowest BCUT2D eigenvalue weighted by atomic mass is 9.99. The van der Waals surface area contributed by atoms with Crippen LogP contribution in [-0.4, -0.2) is 17.6 Å². The zero-order valence-corrected chi connectivity index (χ0v) is 12.0. The van der Waals surface area contributed by atoms with Gasteiger partial charge in [-0.1, -0.05) is 47.5 Å². The summed E-state index contributed by atoms with van der Waals surface area (Å²) in [6.45, 7) is -0.129. The van der Waals surface area contributed by atoms with E-state index in [-0.39, 0.29) is 12.6 Å². The number of carboxylic acids is 1. The highest BCUT2D eigenvalue weighted by Gasteiger charge is 2.14. The molecule has 0 atom stereocenters. The highest BCUT2D eigenvalue weighted by Crippen LogP contribution is 2.24. The third kappa shape index (κ3) is 3.97. The van der Waals surface area contributed by atoms with Gasteiger partial charge in [0, 0.05) is 10.0 Å². The molecule has 104 valence electrons. The van der Waals surface area contributed by atoms with Crippen LogP contribution in [0.5, 0.6) is 0 Å². The van der Waals surface area contributed by atoms with Crippen molar-refractivity contribution in [2.75, 3.05) is 6.54 Å². The first kappa shape index (κ1) is 14.9. The first-order chi connectivity index (χ1) is 9.56. The monoisotopic (exact) mass is 309 g/mol. The van der Waals surface area contributed by atoms with Crippen LogP contribution in [0.2, 0.25) is 10.0 Å². The Bertz CT molecular complexity index is 536. The Balaban J connectivity index is 2.30. The molecule has 3 nitrogen and oxygen atoms in total. The van der Waals surface area contributed by atoms with Crippen molar-refractivity contribution >= 4 is 29.2 Å². The van der Waals surface area contributed by atoms with Crippen LogP contribution >= 0.6 is 23.2 Å². The van der Waals surface area contributed by atoms with Crippen molar-refractivity contribution in [1.82, 2.24) is 5.32 Å². The molecule has 0 saturated heterocycles. The van der Waals surface area contributed by atoms with Gasteiger partial charge < -0.3 is 5.11 Å². The molecule has 5 heteroatoms. The lowest BCUT2D eigenvalue weighted by Gasteiger charge is -2.19. The van der Waals surface area contributed by atoms with Crippen LogP contribution in [-0.2, 0) is 4.79 Å². The summed E-state index contributed by atoms with van der Waals surface area (Å²) < 4.78 is 0. The average Bonchev–Trinajstić information content (AvgIpc) is 2.42. The summed E-state index contributed by atoms with van der Waals surface area (Å²) in [5, 5.41) is 13.1. The van der Waals surface area contributed by atoms with Gasteiger partial charge in [0.2, 0.25) is 0 Å². The lowest BCUT2D eigenvalue weighted by molar-refractivity contribution is -0.136. The number of rotatable bonds is 5. The number of carbonyl (C=O) groups is 1. The maximum atomic E-state index is 10.8. The molecule has 0 aliphatic carbocycles. The zero-order valence-electron chi connectivity index (χ0n) is 10.5. The third-order valence-electron chi connectivity index (χ3n) is 2.86. The largest absolute Gasteiger partial charge is 0.480 e. The number of benzene rings is 2. The smallest absolute Gasteiger partial charge is 0.317 e. The quantitative estimate of drug-likeness (QED) is 0.884. The first-order valence-corrected chi connectivity index (χ1v) is 6.78. The molecular weight excluding hydrogens is 297 g/mol. The van der Waals surface area contributed by atoms with Gasteiger partial charge in [0.15, 0.2) is 0 Å². The van der Waals surface area contributed by atoms with E-state index in [9.17, 15) is 4.79 Å². The van der Waals surface area contributed by atoms with Crippen LogP contribution in [0.25, 0.3) is 0 Å². The summed E-state index contributed by atoms with van der Waals surface area (Å²) in [7, 11) is 0. The predicted molar refractivity (Wildman–Crippen MR) is 80.4 cm³/mol. The summed E-state index contributed by atoms with van der Waals surface area (Å²) in [6, 6.07) is 14.4. The van der Waals surface area contributed by atoms with Gasteiger partial charge in [0.05, 0.1) is 12.6 Å². The zero-order chi connectivity index (χ0) is 14.5. The van der Waals surface area contributed by atoms with Crippen LogP contribution in [0.3, 0.4) is 0 Å². The molecule has 0 aliphatic heterocycles. The van der Waals surface area contributed by atoms with Crippen molar-refractivity contribution in [3.05, 3.63) is 69.7 Å². The summed E-state index contributed by atoms with van der Waals surface area (Å²) in [6.07, 6.45) is 0. The van der Waals surface area contributed by atoms with E-state index in [1.165, 1.54) is 0 Å². The van der Waals surface area contributed by atoms with E-state index in [1.54, 1.807) is 24.3 Å². The topological polar surface area (TPSA) is 49.3 Å². The van der Waals surface area contributed by atoms with E-state index in [0.717, 1.165) is 11.1 Å². The van der Waals surface area contributed by atoms with E-state index in [4.69, 9.17) is 28.3 Å². The molecule has 0 radical (unpaired) electrons. The molecule has 2 rings (SSSR count). The third-order valence-corrected chi connectivity index (χ3v) is 3.37. The maximum Gasteiger partial charge on any atom is 0.317 e. The van der Waals surface area contributed by atoms with Gasteiger partial charge in [-0.2, -0.15) is 0 Å². The fourth-order valence-corrected chi connectivity index (χ4v) is 2.18. The van der Waals surface area contributed by atoms with E-state index in [1.807, 2.05) is 24.3 Å². The lowest BCUT2D eigenvalue weighted by Crippen LogP contribution is -2.28. The van der Waals surface area contributed by atoms with Crippen molar-refractivity contribution in [2.24, 2.45) is 0 Å². The highest BCUT2D eigenvalue weighted by atomic mass is 35.5. The molecule has 2 N–H and O–H groups in total. The second kappa shape index (κ2) is 6.75. The van der Waals surface area contributed by atoms with Crippen molar-refractivity contribution in [3.8, 4) is 0 Å². The number of hydrogen-bond acceptors (Lipinski definition) is 2. The Morgan fingerprint density at radius 2 is 1.35 bits per heavy atom. The summed E-state index contributed by atoms with van der Waals surface area (Å²) in [5.41, 5.74) is 1.89. The fraction of sp³-hybridized carbons (Fsp3) is 0.133. The molecule has 0 spiro atoms. The Labute approximate surface area is 127 Å². The highest BCUT2D eigenvalue weighted by molar-refractivity contribution is 6.30. The number of aliphatic carboxylic acids is 1. The number of carboxylic acid groups (broad SMARTS) is 1. The molecule has 0 bridgehead atoms. The van der Waals surface area contributed by atoms with E-state index < -0.39 is 5.97 Å². The van der Waals surface area contributed by atoms with Crippen LogP contribution < -0.4 is 5.32 Å². The number of halogens is 2. The molecule has 2 aromatic carbocycles. The Kier molecular flexibility index (Phi) is 5.01. The molecule has 0 saturated carbocycles. The van der Waals surface area contributed by atoms with Gasteiger partial charge in [-0.25, -0.2) is 0 Å². The second-order valence-electron chi connectivity index (χ2n) is 4.31. The SMILES string of the molecule is O=C(O)CNC(c1ccc(Cl)cc1)c1ccc(Cl)cc1. The Morgan fingerprint density at radius 1 is 0.950 bits per heavy atom. The van der Waals surface area contributed by atoms with Gasteiger partial charge in [0.1, 0.15) is 0 Å². The summed E-state index contributed by atoms with van der Waals surface area (Å²) in [4.78, 5) is 10.8. The first-order valence-electron chi connectivity index (χ1n) is 6.02. The normalized spacial score (nSPS) is 10.8. The van der Waals surface area contributed by atoms with Gasteiger partial charge in [-0.15, -0.1) is 0 Å². The van der Waals surface area contributed by atoms with Crippen LogP contribution in [0.4, 0.5) is 0 Å². The molecule has 0 aliphatic rings. The molecular formula is C15H13Cl2NO2. The molecule has 0 amide bonds. The second-order valence-corrected chi connectivity index (χ2v) is 5.18. The molecule has 0 unspecified atom stereocenters. The number of hydrogen-bond donors (Lipinski definition) is 2. The van der Waals surface area contributed by atoms with E-state index >= 15 is 0 Å². The molecule has 0 heterocycles. The standard InChI is InChI=1S/C15H13Cl2NO2/c16-12-5-1-10(2-6-12)15(18-9-14(19)20)11-3-7-13(17)8-4-11/h1-8,15,18H,9H2,(H,19,20). The predicted octanol–water partition coefficient (Wildman–Crippen LogP) is 3.76. The minimum absolute atomic E-state index is 0.129. The molecule has 0 aromatic heterocycles. The van der Waals surface area contributed by atoms with Gasteiger partial charge in [-0.05, 0) is 35.4 Å². The Morgan fingerprint density at radius 3 is 1.70 bits per heavy atom. The summed E-state index contributed by atoms with van der Waals surface area (Å²) >= 11 is 11.8. The molecule has 0 fully saturated rings. The van der Waals surface area contributed by atoms with Crippen molar-refractivity contribution in [2.45, 2.75) is 6.04 Å². The fourth-order valence-electron chi connectivity index (χ4n) is 1.93. The Hall–Kier alpha value is -1.55. The van der Waals surface area contributed by atoms with Gasteiger partial charge in [0.25, 0.3) is 0 Å². The van der Waals surface area contributed by atoms with Crippen molar-refractivity contribution in [3.63, 3.8) is 0 Å². The minimum atomic E-state index is -0.905. The van der Waals surface area contributed by atoms with E-state index in [2.05, 4.69) is 5.32 Å². The van der Waals surface area contributed by atoms with Crippen molar-refractivity contribution in [1.29, 1.82) is 0 Å². The summed E-state index contributed by atoms with van der Waals surface area (Å²) in [5.74, 6) is -0.905. The van der Waals surface area contributed by atoms with Crippen LogP contribution in [0.1, 0.15) is 17.2 Å². The number of nitrogens with one attached hydrogen (secondary N) is 1. The van der Waals surface area contributed by atoms with Gasteiger partial charge >= 0.3 is 5.97 Å². The average molecular weight is 310 g/mol.